The molecule has 1 heterocycles. The fourth-order valence-electron chi connectivity index (χ4n) is 0.897. The molecule has 2 aromatic rings. The summed E-state index contributed by atoms with van der Waals surface area (Å²) in [6.07, 6.45) is 0. The van der Waals surface area contributed by atoms with Gasteiger partial charge in [0.1, 0.15) is 0 Å². The summed E-state index contributed by atoms with van der Waals surface area (Å²) in [5.41, 5.74) is 0. The van der Waals surface area contributed by atoms with Gasteiger partial charge in [-0.2, -0.15) is 0 Å². The van der Waals surface area contributed by atoms with Crippen molar-refractivity contribution in [2.75, 3.05) is 0 Å². The summed E-state index contributed by atoms with van der Waals surface area (Å²) in [6.45, 7) is 0. The van der Waals surface area contributed by atoms with Gasteiger partial charge in [-0.15, -0.1) is 11.3 Å². The second kappa shape index (κ2) is 2.26. The van der Waals surface area contributed by atoms with E-state index in [1.165, 1.54) is 5.39 Å². The van der Waals surface area contributed by atoms with Gasteiger partial charge in [-0.05, 0) is 35.0 Å². The topological polar surface area (TPSA) is 0 Å². The van der Waals surface area contributed by atoms with Crippen LogP contribution in [0, 0.1) is 6.07 Å². The van der Waals surface area contributed by atoms with Gasteiger partial charge in [0.05, 0.1) is 9.72 Å². The monoisotopic (exact) mass is 167 g/mol. The molecule has 0 aliphatic rings. The lowest BCUT2D eigenvalue weighted by molar-refractivity contribution is 1.82. The average molecular weight is 168 g/mol. The molecule has 0 N–H and O–H groups in total. The molecule has 1 aromatic carbocycles. The minimum atomic E-state index is 0.799. The van der Waals surface area contributed by atoms with Gasteiger partial charge < -0.3 is 0 Å². The predicted molar refractivity (Wildman–Crippen MR) is 45.7 cm³/mol. The Bertz CT molecular complexity index is 351. The third-order valence-electron chi connectivity index (χ3n) is 1.36. The highest BCUT2D eigenvalue weighted by atomic mass is 35.5. The number of hydrogen-bond acceptors (Lipinski definition) is 1. The van der Waals surface area contributed by atoms with Crippen LogP contribution in [0.3, 0.4) is 0 Å². The highest BCUT2D eigenvalue weighted by Crippen LogP contribution is 2.27. The molecule has 49 valence electrons. The van der Waals surface area contributed by atoms with Crippen LogP contribution in [0.1, 0.15) is 0 Å². The number of hydrogen-bond donors (Lipinski definition) is 0. The van der Waals surface area contributed by atoms with E-state index in [1.54, 1.807) is 17.4 Å². The molecule has 0 nitrogen and oxygen atoms in total. The van der Waals surface area contributed by atoms with Crippen molar-refractivity contribution in [1.82, 2.24) is 0 Å². The Kier molecular flexibility index (Phi) is 1.40. The zero-order valence-corrected chi connectivity index (χ0v) is 6.67. The van der Waals surface area contributed by atoms with E-state index >= 15 is 0 Å². The van der Waals surface area contributed by atoms with Crippen molar-refractivity contribution >= 4 is 33.0 Å². The molecule has 0 atom stereocenters. The molecule has 0 unspecified atom stereocenters. The molecule has 0 aliphatic heterocycles. The molecular weight excluding hydrogens is 164 g/mol. The fraction of sp³-hybridized carbons (Fsp3) is 0. The number of fused-ring (bicyclic) bond motifs is 1. The molecule has 0 bridgehead atoms. The van der Waals surface area contributed by atoms with E-state index in [0.717, 1.165) is 9.72 Å². The van der Waals surface area contributed by atoms with E-state index < -0.39 is 0 Å². The van der Waals surface area contributed by atoms with E-state index in [9.17, 15) is 0 Å². The summed E-state index contributed by atoms with van der Waals surface area (Å²) in [5, 5.41) is 4.01. The zero-order valence-electron chi connectivity index (χ0n) is 5.10. The third-order valence-corrected chi connectivity index (χ3v) is 2.74. The van der Waals surface area contributed by atoms with Gasteiger partial charge in [0, 0.05) is 0 Å². The molecule has 1 aromatic heterocycles. The molecular formula is C8H4ClS. The van der Waals surface area contributed by atoms with Gasteiger partial charge >= 0.3 is 0 Å². The van der Waals surface area contributed by atoms with Crippen LogP contribution < -0.4 is 0 Å². The largest absolute Gasteiger partial charge is 0.142 e. The average Bonchev–Trinajstić information content (AvgIpc) is 2.36. The third kappa shape index (κ3) is 0.825. The SMILES string of the molecule is Clc1c[c]cc2ccsc12. The lowest BCUT2D eigenvalue weighted by atomic mass is 10.3. The standard InChI is InChI=1S/C8H4ClS/c9-7-3-1-2-6-4-5-10-8(6)7/h2-5H. The van der Waals surface area contributed by atoms with Crippen LogP contribution in [-0.2, 0) is 0 Å². The molecule has 0 spiro atoms. The van der Waals surface area contributed by atoms with Crippen LogP contribution in [0.4, 0.5) is 0 Å². The zero-order chi connectivity index (χ0) is 6.97. The van der Waals surface area contributed by atoms with Crippen molar-refractivity contribution in [3.63, 3.8) is 0 Å². The molecule has 2 rings (SSSR count). The Morgan fingerprint density at radius 1 is 1.40 bits per heavy atom. The van der Waals surface area contributed by atoms with Crippen LogP contribution in [-0.4, -0.2) is 0 Å². The molecule has 0 saturated carbocycles. The molecule has 10 heavy (non-hydrogen) atoms. The quantitative estimate of drug-likeness (QED) is 0.565. The van der Waals surface area contributed by atoms with Crippen molar-refractivity contribution < 1.29 is 0 Å². The smallest absolute Gasteiger partial charge is 0.0590 e. The summed E-state index contributed by atoms with van der Waals surface area (Å²) in [4.78, 5) is 0. The summed E-state index contributed by atoms with van der Waals surface area (Å²) in [7, 11) is 0. The normalized spacial score (nSPS) is 10.5. The second-order valence-electron chi connectivity index (χ2n) is 2.01. The number of benzene rings is 1. The highest BCUT2D eigenvalue weighted by Gasteiger charge is 1.96. The van der Waals surface area contributed by atoms with Gasteiger partial charge in [-0.25, -0.2) is 0 Å². The number of thiophene rings is 1. The fourth-order valence-corrected chi connectivity index (χ4v) is 1.99. The van der Waals surface area contributed by atoms with Gasteiger partial charge in [0.2, 0.25) is 0 Å². The van der Waals surface area contributed by atoms with Gasteiger partial charge in [0.15, 0.2) is 0 Å². The summed E-state index contributed by atoms with van der Waals surface area (Å²) in [6, 6.07) is 8.74. The molecule has 0 saturated heterocycles. The Morgan fingerprint density at radius 2 is 2.30 bits per heavy atom. The van der Waals surface area contributed by atoms with E-state index in [4.69, 9.17) is 11.6 Å². The first-order valence-corrected chi connectivity index (χ1v) is 4.16. The first-order chi connectivity index (χ1) is 4.88. The minimum Gasteiger partial charge on any atom is -0.142 e. The van der Waals surface area contributed by atoms with Crippen molar-refractivity contribution in [3.05, 3.63) is 34.7 Å². The molecule has 0 amide bonds. The van der Waals surface area contributed by atoms with Gasteiger partial charge in [-0.1, -0.05) is 11.6 Å². The van der Waals surface area contributed by atoms with E-state index in [0.29, 0.717) is 0 Å². The molecule has 0 fully saturated rings. The van der Waals surface area contributed by atoms with Gasteiger partial charge in [0.25, 0.3) is 0 Å². The summed E-state index contributed by atoms with van der Waals surface area (Å²) in [5.74, 6) is 0. The van der Waals surface area contributed by atoms with Crippen LogP contribution in [0.2, 0.25) is 5.02 Å². The number of rotatable bonds is 0. The highest BCUT2D eigenvalue weighted by molar-refractivity contribution is 7.17. The number of halogens is 1. The second-order valence-corrected chi connectivity index (χ2v) is 3.33. The summed E-state index contributed by atoms with van der Waals surface area (Å²) < 4.78 is 1.15. The Balaban J connectivity index is 2.95. The van der Waals surface area contributed by atoms with Gasteiger partial charge in [-0.3, -0.25) is 0 Å². The Morgan fingerprint density at radius 3 is 3.10 bits per heavy atom. The van der Waals surface area contributed by atoms with Crippen LogP contribution in [0.5, 0.6) is 0 Å². The van der Waals surface area contributed by atoms with E-state index in [-0.39, 0.29) is 0 Å². The Hall–Kier alpha value is -0.530. The maximum atomic E-state index is 5.88. The van der Waals surface area contributed by atoms with Crippen LogP contribution in [0.15, 0.2) is 23.6 Å². The Labute approximate surface area is 68.1 Å². The van der Waals surface area contributed by atoms with E-state index in [2.05, 4.69) is 6.07 Å². The molecule has 2 heteroatoms. The minimum absolute atomic E-state index is 0.799. The lowest BCUT2D eigenvalue weighted by Gasteiger charge is -1.88. The van der Waals surface area contributed by atoms with Crippen molar-refractivity contribution in [3.8, 4) is 0 Å². The predicted octanol–water partition coefficient (Wildman–Crippen LogP) is 3.35. The van der Waals surface area contributed by atoms with Crippen molar-refractivity contribution in [1.29, 1.82) is 0 Å². The first-order valence-electron chi connectivity index (χ1n) is 2.91. The first kappa shape index (κ1) is 6.20. The van der Waals surface area contributed by atoms with E-state index in [1.807, 2.05) is 17.5 Å². The summed E-state index contributed by atoms with van der Waals surface area (Å²) >= 11 is 7.54. The lowest BCUT2D eigenvalue weighted by Crippen LogP contribution is -1.62. The maximum Gasteiger partial charge on any atom is 0.0590 e. The molecule has 0 aliphatic carbocycles. The van der Waals surface area contributed by atoms with Crippen molar-refractivity contribution in [2.45, 2.75) is 0 Å². The van der Waals surface area contributed by atoms with Crippen LogP contribution >= 0.6 is 22.9 Å². The maximum absolute atomic E-state index is 5.88. The van der Waals surface area contributed by atoms with Crippen molar-refractivity contribution in [2.24, 2.45) is 0 Å². The van der Waals surface area contributed by atoms with Crippen LogP contribution in [0.25, 0.3) is 10.1 Å². The molecule has 1 radical (unpaired) electrons.